The van der Waals surface area contributed by atoms with Gasteiger partial charge in [-0.25, -0.2) is 8.78 Å². The fourth-order valence-electron chi connectivity index (χ4n) is 2.96. The molecule has 8 heteroatoms. The Labute approximate surface area is 189 Å². The van der Waals surface area contributed by atoms with Gasteiger partial charge in [0.15, 0.2) is 11.5 Å². The van der Waals surface area contributed by atoms with Crippen LogP contribution >= 0.6 is 0 Å². The third kappa shape index (κ3) is 5.94. The van der Waals surface area contributed by atoms with Gasteiger partial charge in [-0.3, -0.25) is 9.59 Å². The van der Waals surface area contributed by atoms with Crippen molar-refractivity contribution in [3.05, 3.63) is 89.5 Å². The zero-order valence-electron chi connectivity index (χ0n) is 18.0. The number of rotatable bonds is 8. The van der Waals surface area contributed by atoms with E-state index in [-0.39, 0.29) is 16.9 Å². The van der Waals surface area contributed by atoms with Crippen LogP contribution < -0.4 is 20.1 Å². The maximum atomic E-state index is 14.0. The number of anilines is 2. The molecular formula is C25H22F2N2O4. The number of halogens is 2. The summed E-state index contributed by atoms with van der Waals surface area (Å²) in [6, 6.07) is 15.9. The number of methoxy groups -OCH3 is 1. The third-order valence-corrected chi connectivity index (χ3v) is 4.53. The molecule has 0 spiro atoms. The number of amides is 2. The van der Waals surface area contributed by atoms with E-state index in [1.165, 1.54) is 49.6 Å². The molecule has 0 saturated heterocycles. The topological polar surface area (TPSA) is 76.7 Å². The van der Waals surface area contributed by atoms with E-state index in [4.69, 9.17) is 9.47 Å². The van der Waals surface area contributed by atoms with E-state index in [0.717, 1.165) is 0 Å². The fraction of sp³-hybridized carbons (Fsp3) is 0.120. The second-order valence-corrected chi connectivity index (χ2v) is 6.77. The Bertz CT molecular complexity index is 1130. The maximum Gasteiger partial charge on any atom is 0.261 e. The molecule has 0 aromatic heterocycles. The summed E-state index contributed by atoms with van der Waals surface area (Å²) in [6.07, 6.45) is 1.30. The van der Waals surface area contributed by atoms with Gasteiger partial charge in [-0.05, 0) is 55.0 Å². The van der Waals surface area contributed by atoms with E-state index in [0.29, 0.717) is 23.7 Å². The molecule has 0 heterocycles. The Hall–Kier alpha value is -4.20. The van der Waals surface area contributed by atoms with Crippen LogP contribution in [-0.2, 0) is 9.59 Å². The monoisotopic (exact) mass is 452 g/mol. The van der Waals surface area contributed by atoms with E-state index in [1.54, 1.807) is 37.3 Å². The number of para-hydroxylation sites is 2. The molecule has 0 radical (unpaired) electrons. The van der Waals surface area contributed by atoms with Gasteiger partial charge < -0.3 is 20.1 Å². The minimum atomic E-state index is -0.872. The predicted octanol–water partition coefficient (Wildman–Crippen LogP) is 5.03. The van der Waals surface area contributed by atoms with Crippen molar-refractivity contribution in [1.29, 1.82) is 0 Å². The van der Waals surface area contributed by atoms with Gasteiger partial charge in [0.1, 0.15) is 17.2 Å². The average molecular weight is 452 g/mol. The molecule has 3 aromatic rings. The Morgan fingerprint density at radius 3 is 1.88 bits per heavy atom. The average Bonchev–Trinajstić information content (AvgIpc) is 2.80. The van der Waals surface area contributed by atoms with Crippen LogP contribution in [0.5, 0.6) is 11.5 Å². The zero-order chi connectivity index (χ0) is 23.8. The van der Waals surface area contributed by atoms with Crippen molar-refractivity contribution >= 4 is 29.3 Å². The van der Waals surface area contributed by atoms with Crippen molar-refractivity contribution in [2.24, 2.45) is 0 Å². The van der Waals surface area contributed by atoms with Crippen molar-refractivity contribution < 1.29 is 27.8 Å². The lowest BCUT2D eigenvalue weighted by Gasteiger charge is -2.13. The minimum Gasteiger partial charge on any atom is -0.493 e. The number of benzene rings is 3. The largest absolute Gasteiger partial charge is 0.493 e. The van der Waals surface area contributed by atoms with Crippen molar-refractivity contribution in [3.63, 3.8) is 0 Å². The van der Waals surface area contributed by atoms with Crippen LogP contribution in [0.2, 0.25) is 0 Å². The first kappa shape index (κ1) is 23.5. The number of ether oxygens (including phenoxy) is 2. The molecule has 33 heavy (non-hydrogen) atoms. The van der Waals surface area contributed by atoms with Crippen LogP contribution in [0, 0.1) is 11.6 Å². The van der Waals surface area contributed by atoms with Crippen LogP contribution in [0.15, 0.2) is 72.3 Å². The molecule has 0 unspecified atom stereocenters. The second-order valence-electron chi connectivity index (χ2n) is 6.77. The molecule has 170 valence electrons. The normalized spacial score (nSPS) is 10.2. The van der Waals surface area contributed by atoms with Gasteiger partial charge in [-0.2, -0.15) is 0 Å². The van der Waals surface area contributed by atoms with Crippen molar-refractivity contribution in [2.45, 2.75) is 6.92 Å². The highest BCUT2D eigenvalue weighted by atomic mass is 19.1. The fourth-order valence-corrected chi connectivity index (χ4v) is 2.96. The van der Waals surface area contributed by atoms with Gasteiger partial charge in [0.05, 0.1) is 25.1 Å². The van der Waals surface area contributed by atoms with Crippen LogP contribution in [0.3, 0.4) is 0 Å². The first-order chi connectivity index (χ1) is 15.9. The van der Waals surface area contributed by atoms with Gasteiger partial charge in [-0.1, -0.05) is 30.3 Å². The van der Waals surface area contributed by atoms with Gasteiger partial charge >= 0.3 is 0 Å². The molecule has 0 aliphatic carbocycles. The van der Waals surface area contributed by atoms with Gasteiger partial charge in [0.25, 0.3) is 11.8 Å². The summed E-state index contributed by atoms with van der Waals surface area (Å²) in [6.45, 7) is 2.18. The van der Waals surface area contributed by atoms with Crippen LogP contribution in [-0.4, -0.2) is 25.5 Å². The smallest absolute Gasteiger partial charge is 0.261 e. The van der Waals surface area contributed by atoms with E-state index in [2.05, 4.69) is 10.6 Å². The first-order valence-corrected chi connectivity index (χ1v) is 10.1. The summed E-state index contributed by atoms with van der Waals surface area (Å²) in [5.74, 6) is -2.18. The summed E-state index contributed by atoms with van der Waals surface area (Å²) in [5, 5.41) is 4.76. The Kier molecular flexibility index (Phi) is 7.75. The van der Waals surface area contributed by atoms with Gasteiger partial charge in [-0.15, -0.1) is 0 Å². The molecule has 0 aliphatic heterocycles. The van der Waals surface area contributed by atoms with E-state index >= 15 is 0 Å². The minimum absolute atomic E-state index is 0.100. The predicted molar refractivity (Wildman–Crippen MR) is 122 cm³/mol. The second kappa shape index (κ2) is 10.9. The summed E-state index contributed by atoms with van der Waals surface area (Å²) in [5.41, 5.74) is -0.121. The Morgan fingerprint density at radius 2 is 1.39 bits per heavy atom. The SMILES string of the molecule is CCOc1cc(C=C(C(=O)Nc2ccccc2F)C(=O)Nc2ccccc2F)ccc1OC. The molecule has 3 aromatic carbocycles. The van der Waals surface area contributed by atoms with E-state index < -0.39 is 23.4 Å². The molecule has 6 nitrogen and oxygen atoms in total. The maximum absolute atomic E-state index is 14.0. The number of nitrogens with one attached hydrogen (secondary N) is 2. The summed E-state index contributed by atoms with van der Waals surface area (Å²) in [7, 11) is 1.49. The number of carbonyl (C=O) groups is 2. The van der Waals surface area contributed by atoms with Crippen LogP contribution in [0.1, 0.15) is 12.5 Å². The molecule has 0 bridgehead atoms. The summed E-state index contributed by atoms with van der Waals surface area (Å²) in [4.78, 5) is 25.9. The quantitative estimate of drug-likeness (QED) is 0.285. The highest BCUT2D eigenvalue weighted by Crippen LogP contribution is 2.29. The lowest BCUT2D eigenvalue weighted by atomic mass is 10.1. The highest BCUT2D eigenvalue weighted by molar-refractivity contribution is 6.28. The zero-order valence-corrected chi connectivity index (χ0v) is 18.0. The standard InChI is InChI=1S/C25H22F2N2O4/c1-3-33-23-15-16(12-13-22(23)32-2)14-17(24(30)28-20-10-6-4-8-18(20)26)25(31)29-21-11-7-5-9-19(21)27/h4-15H,3H2,1-2H3,(H,28,30)(H,29,31). The number of hydrogen-bond acceptors (Lipinski definition) is 4. The van der Waals surface area contributed by atoms with E-state index in [1.807, 2.05) is 0 Å². The lowest BCUT2D eigenvalue weighted by Crippen LogP contribution is -2.26. The van der Waals surface area contributed by atoms with Crippen molar-refractivity contribution in [3.8, 4) is 11.5 Å². The molecule has 2 N–H and O–H groups in total. The Morgan fingerprint density at radius 1 is 0.848 bits per heavy atom. The van der Waals surface area contributed by atoms with E-state index in [9.17, 15) is 18.4 Å². The molecular weight excluding hydrogens is 430 g/mol. The molecule has 0 saturated carbocycles. The summed E-state index contributed by atoms with van der Waals surface area (Å²) < 4.78 is 38.9. The van der Waals surface area contributed by atoms with Crippen molar-refractivity contribution in [1.82, 2.24) is 0 Å². The lowest BCUT2D eigenvalue weighted by molar-refractivity contribution is -0.118. The molecule has 0 fully saturated rings. The highest BCUT2D eigenvalue weighted by Gasteiger charge is 2.21. The van der Waals surface area contributed by atoms with Crippen LogP contribution in [0.4, 0.5) is 20.2 Å². The Balaban J connectivity index is 1.99. The number of carbonyl (C=O) groups excluding carboxylic acids is 2. The summed E-state index contributed by atoms with van der Waals surface area (Å²) >= 11 is 0. The van der Waals surface area contributed by atoms with Crippen molar-refractivity contribution in [2.75, 3.05) is 24.4 Å². The van der Waals surface area contributed by atoms with Crippen LogP contribution in [0.25, 0.3) is 6.08 Å². The molecule has 0 atom stereocenters. The number of hydrogen-bond donors (Lipinski definition) is 2. The third-order valence-electron chi connectivity index (χ3n) is 4.53. The molecule has 3 rings (SSSR count). The first-order valence-electron chi connectivity index (χ1n) is 10.1. The van der Waals surface area contributed by atoms with Gasteiger partial charge in [0, 0.05) is 0 Å². The molecule has 0 aliphatic rings. The van der Waals surface area contributed by atoms with Gasteiger partial charge in [0.2, 0.25) is 0 Å². The molecule has 2 amide bonds.